The second kappa shape index (κ2) is 8.11. The van der Waals surface area contributed by atoms with Crippen molar-refractivity contribution < 1.29 is 14.3 Å². The smallest absolute Gasteiger partial charge is 0.251 e. The van der Waals surface area contributed by atoms with Crippen molar-refractivity contribution in [2.24, 2.45) is 0 Å². The molecule has 1 N–H and O–H groups in total. The average Bonchev–Trinajstić information content (AvgIpc) is 3.29. The molecule has 1 aliphatic rings. The van der Waals surface area contributed by atoms with Crippen molar-refractivity contribution in [3.8, 4) is 5.75 Å². The van der Waals surface area contributed by atoms with E-state index in [4.69, 9.17) is 4.74 Å². The summed E-state index contributed by atoms with van der Waals surface area (Å²) in [6.07, 6.45) is 2.08. The van der Waals surface area contributed by atoms with Gasteiger partial charge in [0, 0.05) is 24.0 Å². The number of ether oxygens (including phenoxy) is 1. The van der Waals surface area contributed by atoms with E-state index in [2.05, 4.69) is 10.3 Å². The second-order valence-electron chi connectivity index (χ2n) is 5.94. The van der Waals surface area contributed by atoms with E-state index in [1.165, 1.54) is 0 Å². The van der Waals surface area contributed by atoms with Crippen molar-refractivity contribution in [3.05, 3.63) is 45.9 Å². The minimum Gasteiger partial charge on any atom is -0.487 e. The summed E-state index contributed by atoms with van der Waals surface area (Å²) in [5, 5.41) is 5.63. The van der Waals surface area contributed by atoms with Crippen molar-refractivity contribution in [1.29, 1.82) is 0 Å². The summed E-state index contributed by atoms with van der Waals surface area (Å²) >= 11 is 1.58. The van der Waals surface area contributed by atoms with Crippen LogP contribution in [0.3, 0.4) is 0 Å². The molecular formula is C18H21N3O3S. The molecule has 1 aliphatic heterocycles. The van der Waals surface area contributed by atoms with Crippen LogP contribution in [-0.2, 0) is 11.4 Å². The number of hydrogen-bond donors (Lipinski definition) is 1. The molecule has 1 aromatic heterocycles. The van der Waals surface area contributed by atoms with Gasteiger partial charge in [-0.05, 0) is 38.0 Å². The van der Waals surface area contributed by atoms with E-state index < -0.39 is 0 Å². The molecule has 2 amide bonds. The number of aromatic nitrogens is 1. The maximum atomic E-state index is 12.2. The number of rotatable bonds is 6. The molecule has 132 valence electrons. The highest BCUT2D eigenvalue weighted by molar-refractivity contribution is 7.09. The zero-order valence-electron chi connectivity index (χ0n) is 14.2. The molecular weight excluding hydrogens is 338 g/mol. The van der Waals surface area contributed by atoms with Gasteiger partial charge in [-0.25, -0.2) is 4.98 Å². The molecule has 0 aliphatic carbocycles. The minimum atomic E-state index is -0.275. The summed E-state index contributed by atoms with van der Waals surface area (Å²) in [6, 6.07) is 6.94. The number of nitrogens with zero attached hydrogens (tertiary/aromatic N) is 2. The molecule has 1 saturated heterocycles. The zero-order chi connectivity index (χ0) is 17.6. The molecule has 0 spiro atoms. The summed E-state index contributed by atoms with van der Waals surface area (Å²) in [7, 11) is 0. The first-order chi connectivity index (χ1) is 12.1. The molecule has 0 unspecified atom stereocenters. The van der Waals surface area contributed by atoms with Crippen molar-refractivity contribution in [3.63, 3.8) is 0 Å². The Bertz CT molecular complexity index is 754. The normalized spacial score (nSPS) is 13.7. The second-order valence-corrected chi connectivity index (χ2v) is 7.01. The number of thiazole rings is 1. The van der Waals surface area contributed by atoms with Gasteiger partial charge in [-0.3, -0.25) is 9.59 Å². The SMILES string of the molecule is Cc1nc(COc2cccc(C(=O)NCC(=O)N3CCCC3)c2)cs1. The number of benzene rings is 1. The van der Waals surface area contributed by atoms with E-state index in [0.29, 0.717) is 17.9 Å². The highest BCUT2D eigenvalue weighted by atomic mass is 32.1. The van der Waals surface area contributed by atoms with Crippen LogP contribution in [0.2, 0.25) is 0 Å². The summed E-state index contributed by atoms with van der Waals surface area (Å²) in [6.45, 7) is 3.91. The van der Waals surface area contributed by atoms with E-state index >= 15 is 0 Å². The Balaban J connectivity index is 1.52. The van der Waals surface area contributed by atoms with E-state index in [1.807, 2.05) is 12.3 Å². The summed E-state index contributed by atoms with van der Waals surface area (Å²) in [5.41, 5.74) is 1.34. The van der Waals surface area contributed by atoms with Gasteiger partial charge in [-0.15, -0.1) is 11.3 Å². The van der Waals surface area contributed by atoms with Gasteiger partial charge in [-0.1, -0.05) is 6.07 Å². The molecule has 0 atom stereocenters. The molecule has 1 aromatic carbocycles. The van der Waals surface area contributed by atoms with Crippen LogP contribution in [0.1, 0.15) is 33.9 Å². The number of aryl methyl sites for hydroxylation is 1. The molecule has 3 rings (SSSR count). The Hall–Kier alpha value is -2.41. The van der Waals surface area contributed by atoms with E-state index in [0.717, 1.165) is 36.6 Å². The van der Waals surface area contributed by atoms with Crippen LogP contribution in [0.5, 0.6) is 5.75 Å². The lowest BCUT2D eigenvalue weighted by molar-refractivity contribution is -0.129. The van der Waals surface area contributed by atoms with E-state index in [1.54, 1.807) is 40.5 Å². The maximum absolute atomic E-state index is 12.2. The van der Waals surface area contributed by atoms with Crippen LogP contribution in [0.25, 0.3) is 0 Å². The minimum absolute atomic E-state index is 0.0298. The quantitative estimate of drug-likeness (QED) is 0.860. The average molecular weight is 359 g/mol. The van der Waals surface area contributed by atoms with Gasteiger partial charge in [0.2, 0.25) is 5.91 Å². The van der Waals surface area contributed by atoms with Crippen molar-refractivity contribution in [1.82, 2.24) is 15.2 Å². The van der Waals surface area contributed by atoms with Crippen LogP contribution in [0.15, 0.2) is 29.6 Å². The molecule has 1 fully saturated rings. The number of likely N-dealkylation sites (tertiary alicyclic amines) is 1. The van der Waals surface area contributed by atoms with E-state index in [-0.39, 0.29) is 18.4 Å². The molecule has 7 heteroatoms. The fourth-order valence-corrected chi connectivity index (χ4v) is 3.29. The fraction of sp³-hybridized carbons (Fsp3) is 0.389. The summed E-state index contributed by atoms with van der Waals surface area (Å²) in [5.74, 6) is 0.295. The highest BCUT2D eigenvalue weighted by Gasteiger charge is 2.18. The van der Waals surface area contributed by atoms with Crippen LogP contribution in [0.4, 0.5) is 0 Å². The third-order valence-corrected chi connectivity index (χ3v) is 4.83. The molecule has 0 radical (unpaired) electrons. The molecule has 25 heavy (non-hydrogen) atoms. The lowest BCUT2D eigenvalue weighted by Gasteiger charge is -2.15. The number of hydrogen-bond acceptors (Lipinski definition) is 5. The predicted octanol–water partition coefficient (Wildman–Crippen LogP) is 2.38. The molecule has 0 saturated carbocycles. The maximum Gasteiger partial charge on any atom is 0.251 e. The van der Waals surface area contributed by atoms with Gasteiger partial charge < -0.3 is 15.0 Å². The van der Waals surface area contributed by atoms with Crippen LogP contribution < -0.4 is 10.1 Å². The Morgan fingerprint density at radius 1 is 1.32 bits per heavy atom. The number of amides is 2. The Morgan fingerprint density at radius 2 is 2.12 bits per heavy atom. The lowest BCUT2D eigenvalue weighted by atomic mass is 10.2. The first-order valence-corrected chi connectivity index (χ1v) is 9.19. The Labute approximate surface area is 150 Å². The largest absolute Gasteiger partial charge is 0.487 e. The van der Waals surface area contributed by atoms with Gasteiger partial charge >= 0.3 is 0 Å². The Kier molecular flexibility index (Phi) is 5.65. The number of carbonyl (C=O) groups excluding carboxylic acids is 2. The van der Waals surface area contributed by atoms with Crippen molar-refractivity contribution in [2.45, 2.75) is 26.4 Å². The third kappa shape index (κ3) is 4.79. The molecule has 6 nitrogen and oxygen atoms in total. The topological polar surface area (TPSA) is 71.5 Å². The number of nitrogens with one attached hydrogen (secondary N) is 1. The van der Waals surface area contributed by atoms with Gasteiger partial charge in [0.05, 0.1) is 17.2 Å². The molecule has 2 aromatic rings. The standard InChI is InChI=1S/C18H21N3O3S/c1-13-20-15(12-25-13)11-24-16-6-4-5-14(9-16)18(23)19-10-17(22)21-7-2-3-8-21/h4-6,9,12H,2-3,7-8,10-11H2,1H3,(H,19,23). The first-order valence-electron chi connectivity index (χ1n) is 8.31. The van der Waals surface area contributed by atoms with Crippen LogP contribution in [0, 0.1) is 6.92 Å². The van der Waals surface area contributed by atoms with Crippen molar-refractivity contribution >= 4 is 23.2 Å². The van der Waals surface area contributed by atoms with Gasteiger partial charge in [0.15, 0.2) is 0 Å². The third-order valence-electron chi connectivity index (χ3n) is 4.01. The highest BCUT2D eigenvalue weighted by Crippen LogP contribution is 2.16. The monoisotopic (exact) mass is 359 g/mol. The van der Waals surface area contributed by atoms with Gasteiger partial charge in [0.1, 0.15) is 12.4 Å². The molecule has 2 heterocycles. The van der Waals surface area contributed by atoms with Gasteiger partial charge in [-0.2, -0.15) is 0 Å². The molecule has 0 bridgehead atoms. The predicted molar refractivity (Wildman–Crippen MR) is 95.8 cm³/mol. The summed E-state index contributed by atoms with van der Waals surface area (Å²) in [4.78, 5) is 30.4. The zero-order valence-corrected chi connectivity index (χ0v) is 15.0. The summed E-state index contributed by atoms with van der Waals surface area (Å²) < 4.78 is 5.69. The van der Waals surface area contributed by atoms with Crippen LogP contribution >= 0.6 is 11.3 Å². The first kappa shape index (κ1) is 17.4. The van der Waals surface area contributed by atoms with Crippen LogP contribution in [-0.4, -0.2) is 41.3 Å². The lowest BCUT2D eigenvalue weighted by Crippen LogP contribution is -2.38. The fourth-order valence-electron chi connectivity index (χ4n) is 2.70. The Morgan fingerprint density at radius 3 is 2.84 bits per heavy atom. The van der Waals surface area contributed by atoms with E-state index in [9.17, 15) is 9.59 Å². The van der Waals surface area contributed by atoms with Gasteiger partial charge in [0.25, 0.3) is 5.91 Å². The number of carbonyl (C=O) groups is 2. The van der Waals surface area contributed by atoms with Crippen molar-refractivity contribution in [2.75, 3.05) is 19.6 Å².